The minimum atomic E-state index is 0.252. The maximum Gasteiger partial charge on any atom is 0.0443 e. The SMILES string of the molecule is CCC(NCCCO)c1cccc(Br)c1. The predicted molar refractivity (Wildman–Crippen MR) is 66.9 cm³/mol. The Morgan fingerprint density at radius 2 is 2.27 bits per heavy atom. The van der Waals surface area contributed by atoms with Gasteiger partial charge in [-0.3, -0.25) is 0 Å². The van der Waals surface area contributed by atoms with Crippen LogP contribution in [0.5, 0.6) is 0 Å². The first-order valence-electron chi connectivity index (χ1n) is 5.37. The quantitative estimate of drug-likeness (QED) is 0.780. The third kappa shape index (κ3) is 4.33. The van der Waals surface area contributed by atoms with E-state index in [0.717, 1.165) is 23.9 Å². The third-order valence-electron chi connectivity index (χ3n) is 2.38. The molecule has 15 heavy (non-hydrogen) atoms. The molecule has 3 heteroatoms. The lowest BCUT2D eigenvalue weighted by molar-refractivity contribution is 0.283. The molecule has 0 amide bonds. The molecular formula is C12H18BrNO. The van der Waals surface area contributed by atoms with E-state index in [1.54, 1.807) is 0 Å². The van der Waals surface area contributed by atoms with Crippen LogP contribution in [0.15, 0.2) is 28.7 Å². The number of benzene rings is 1. The number of nitrogens with one attached hydrogen (secondary N) is 1. The predicted octanol–water partition coefficient (Wildman–Crippen LogP) is 2.87. The highest BCUT2D eigenvalue weighted by Crippen LogP contribution is 2.20. The Labute approximate surface area is 99.8 Å². The van der Waals surface area contributed by atoms with Crippen molar-refractivity contribution in [3.63, 3.8) is 0 Å². The molecule has 2 N–H and O–H groups in total. The van der Waals surface area contributed by atoms with Crippen molar-refractivity contribution in [1.82, 2.24) is 5.32 Å². The van der Waals surface area contributed by atoms with Gasteiger partial charge in [-0.15, -0.1) is 0 Å². The summed E-state index contributed by atoms with van der Waals surface area (Å²) in [5.41, 5.74) is 1.30. The van der Waals surface area contributed by atoms with Crippen molar-refractivity contribution in [3.8, 4) is 0 Å². The first-order chi connectivity index (χ1) is 7.27. The Balaban J connectivity index is 2.57. The summed E-state index contributed by atoms with van der Waals surface area (Å²) >= 11 is 3.47. The molecule has 1 rings (SSSR count). The van der Waals surface area contributed by atoms with Gasteiger partial charge in [-0.2, -0.15) is 0 Å². The van der Waals surface area contributed by atoms with Crippen molar-refractivity contribution < 1.29 is 5.11 Å². The maximum absolute atomic E-state index is 8.72. The zero-order valence-electron chi connectivity index (χ0n) is 9.04. The van der Waals surface area contributed by atoms with Crippen molar-refractivity contribution in [1.29, 1.82) is 0 Å². The Kier molecular flexibility index (Phi) is 5.91. The first-order valence-corrected chi connectivity index (χ1v) is 6.17. The molecular weight excluding hydrogens is 254 g/mol. The second-order valence-corrected chi connectivity index (χ2v) is 4.46. The van der Waals surface area contributed by atoms with Crippen LogP contribution >= 0.6 is 15.9 Å². The monoisotopic (exact) mass is 271 g/mol. The van der Waals surface area contributed by atoms with E-state index in [1.807, 2.05) is 6.07 Å². The molecule has 0 aliphatic rings. The Bertz CT molecular complexity index is 291. The second-order valence-electron chi connectivity index (χ2n) is 3.55. The molecule has 0 aromatic heterocycles. The van der Waals surface area contributed by atoms with Gasteiger partial charge in [-0.1, -0.05) is 35.0 Å². The van der Waals surface area contributed by atoms with E-state index < -0.39 is 0 Å². The largest absolute Gasteiger partial charge is 0.396 e. The molecule has 0 saturated heterocycles. The molecule has 0 radical (unpaired) electrons. The number of hydrogen-bond donors (Lipinski definition) is 2. The summed E-state index contributed by atoms with van der Waals surface area (Å²) in [6.07, 6.45) is 1.87. The standard InChI is InChI=1S/C12H18BrNO/c1-2-12(14-7-4-8-15)10-5-3-6-11(13)9-10/h3,5-6,9,12,14-15H,2,4,7-8H2,1H3. The second kappa shape index (κ2) is 6.99. The van der Waals surface area contributed by atoms with Crippen LogP contribution in [0.1, 0.15) is 31.4 Å². The van der Waals surface area contributed by atoms with E-state index in [9.17, 15) is 0 Å². The third-order valence-corrected chi connectivity index (χ3v) is 2.88. The highest BCUT2D eigenvalue weighted by atomic mass is 79.9. The molecule has 1 aromatic carbocycles. The number of aliphatic hydroxyl groups excluding tert-OH is 1. The van der Waals surface area contributed by atoms with Gasteiger partial charge in [0.25, 0.3) is 0 Å². The minimum Gasteiger partial charge on any atom is -0.396 e. The van der Waals surface area contributed by atoms with E-state index in [4.69, 9.17) is 5.11 Å². The molecule has 1 atom stereocenters. The lowest BCUT2D eigenvalue weighted by Gasteiger charge is -2.17. The number of aliphatic hydroxyl groups is 1. The minimum absolute atomic E-state index is 0.252. The molecule has 0 aliphatic heterocycles. The van der Waals surface area contributed by atoms with Gasteiger partial charge in [0.05, 0.1) is 0 Å². The average molecular weight is 272 g/mol. The molecule has 1 unspecified atom stereocenters. The van der Waals surface area contributed by atoms with Gasteiger partial charge in [0, 0.05) is 17.1 Å². The van der Waals surface area contributed by atoms with E-state index in [-0.39, 0.29) is 6.61 Å². The molecule has 84 valence electrons. The Morgan fingerprint density at radius 1 is 1.47 bits per heavy atom. The summed E-state index contributed by atoms with van der Waals surface area (Å²) < 4.78 is 1.11. The lowest BCUT2D eigenvalue weighted by Crippen LogP contribution is -2.22. The van der Waals surface area contributed by atoms with Crippen LogP contribution in [0.25, 0.3) is 0 Å². The van der Waals surface area contributed by atoms with Crippen LogP contribution in [0.4, 0.5) is 0 Å². The van der Waals surface area contributed by atoms with E-state index in [1.165, 1.54) is 5.56 Å². The van der Waals surface area contributed by atoms with Crippen molar-refractivity contribution in [2.24, 2.45) is 0 Å². The lowest BCUT2D eigenvalue weighted by atomic mass is 10.0. The summed E-state index contributed by atoms with van der Waals surface area (Å²) in [7, 11) is 0. The molecule has 1 aromatic rings. The van der Waals surface area contributed by atoms with Crippen molar-refractivity contribution in [3.05, 3.63) is 34.3 Å². The molecule has 0 bridgehead atoms. The fourth-order valence-electron chi connectivity index (χ4n) is 1.58. The normalized spacial score (nSPS) is 12.7. The van der Waals surface area contributed by atoms with Crippen LogP contribution in [0.2, 0.25) is 0 Å². The topological polar surface area (TPSA) is 32.3 Å². The molecule has 0 fully saturated rings. The number of hydrogen-bond acceptors (Lipinski definition) is 2. The van der Waals surface area contributed by atoms with Gasteiger partial charge >= 0.3 is 0 Å². The first kappa shape index (κ1) is 12.7. The van der Waals surface area contributed by atoms with Crippen molar-refractivity contribution in [2.45, 2.75) is 25.8 Å². The van der Waals surface area contributed by atoms with Crippen molar-refractivity contribution >= 4 is 15.9 Å². The summed E-state index contributed by atoms with van der Waals surface area (Å²) in [5.74, 6) is 0. The Hall–Kier alpha value is -0.380. The molecule has 0 spiro atoms. The van der Waals surface area contributed by atoms with Crippen LogP contribution in [-0.4, -0.2) is 18.3 Å². The van der Waals surface area contributed by atoms with Gasteiger partial charge in [-0.05, 0) is 37.1 Å². The molecule has 2 nitrogen and oxygen atoms in total. The van der Waals surface area contributed by atoms with Crippen molar-refractivity contribution in [2.75, 3.05) is 13.2 Å². The van der Waals surface area contributed by atoms with Crippen LogP contribution in [-0.2, 0) is 0 Å². The zero-order chi connectivity index (χ0) is 11.1. The van der Waals surface area contributed by atoms with Gasteiger partial charge < -0.3 is 10.4 Å². The summed E-state index contributed by atoms with van der Waals surface area (Å²) in [4.78, 5) is 0. The fourth-order valence-corrected chi connectivity index (χ4v) is 1.99. The van der Waals surface area contributed by atoms with E-state index in [2.05, 4.69) is 46.4 Å². The zero-order valence-corrected chi connectivity index (χ0v) is 10.6. The fraction of sp³-hybridized carbons (Fsp3) is 0.500. The van der Waals surface area contributed by atoms with E-state index in [0.29, 0.717) is 6.04 Å². The summed E-state index contributed by atoms with van der Waals surface area (Å²) in [5, 5.41) is 12.2. The molecule has 0 saturated carbocycles. The van der Waals surface area contributed by atoms with Gasteiger partial charge in [-0.25, -0.2) is 0 Å². The van der Waals surface area contributed by atoms with Gasteiger partial charge in [0.1, 0.15) is 0 Å². The molecule has 0 aliphatic carbocycles. The van der Waals surface area contributed by atoms with Crippen LogP contribution in [0, 0.1) is 0 Å². The molecule has 0 heterocycles. The maximum atomic E-state index is 8.72. The highest BCUT2D eigenvalue weighted by Gasteiger charge is 2.07. The van der Waals surface area contributed by atoms with Gasteiger partial charge in [0.2, 0.25) is 0 Å². The van der Waals surface area contributed by atoms with Gasteiger partial charge in [0.15, 0.2) is 0 Å². The number of halogens is 1. The average Bonchev–Trinajstić information content (AvgIpc) is 2.24. The van der Waals surface area contributed by atoms with Crippen LogP contribution in [0.3, 0.4) is 0 Å². The van der Waals surface area contributed by atoms with Crippen LogP contribution < -0.4 is 5.32 Å². The highest BCUT2D eigenvalue weighted by molar-refractivity contribution is 9.10. The smallest absolute Gasteiger partial charge is 0.0443 e. The Morgan fingerprint density at radius 3 is 2.87 bits per heavy atom. The van der Waals surface area contributed by atoms with E-state index >= 15 is 0 Å². The summed E-state index contributed by atoms with van der Waals surface area (Å²) in [6, 6.07) is 8.74. The summed E-state index contributed by atoms with van der Waals surface area (Å²) in [6.45, 7) is 3.28. The number of rotatable bonds is 6.